The molecule has 2 saturated heterocycles. The van der Waals surface area contributed by atoms with Crippen LogP contribution in [-0.4, -0.2) is 71.2 Å². The summed E-state index contributed by atoms with van der Waals surface area (Å²) in [5.41, 5.74) is 0.947. The number of carbonyl (C=O) groups is 2. The number of fused-ring (bicyclic) bond motifs is 3. The predicted octanol–water partition coefficient (Wildman–Crippen LogP) is 0.996. The normalized spacial score (nSPS) is 27.0. The van der Waals surface area contributed by atoms with Crippen LogP contribution in [0.25, 0.3) is 0 Å². The third kappa shape index (κ3) is 3.60. The molecule has 0 spiro atoms. The van der Waals surface area contributed by atoms with Crippen molar-refractivity contribution >= 4 is 17.8 Å². The van der Waals surface area contributed by atoms with Crippen LogP contribution in [0.1, 0.15) is 19.3 Å². The molecule has 5 rings (SSSR count). The van der Waals surface area contributed by atoms with E-state index in [4.69, 9.17) is 4.74 Å². The molecule has 0 aliphatic carbocycles. The number of ether oxygens (including phenoxy) is 1. The highest BCUT2D eigenvalue weighted by atomic mass is 16.5. The molecule has 0 radical (unpaired) electrons. The molecule has 1 unspecified atom stereocenters. The molecule has 3 atom stereocenters. The number of aromatic nitrogens is 1. The lowest BCUT2D eigenvalue weighted by molar-refractivity contribution is -0.122. The Kier molecular flexibility index (Phi) is 5.04. The van der Waals surface area contributed by atoms with Crippen LogP contribution < -0.4 is 16.0 Å². The van der Waals surface area contributed by atoms with E-state index in [-0.39, 0.29) is 24.1 Å². The van der Waals surface area contributed by atoms with Crippen molar-refractivity contribution in [2.75, 3.05) is 31.6 Å². The molecule has 9 heteroatoms. The number of carbonyl (C=O) groups excluding carboxylic acids is 2. The van der Waals surface area contributed by atoms with E-state index in [0.29, 0.717) is 18.2 Å². The fourth-order valence-electron chi connectivity index (χ4n) is 4.49. The summed E-state index contributed by atoms with van der Waals surface area (Å²) in [5.74, 6) is 1.06. The Morgan fingerprint density at radius 2 is 2.23 bits per heavy atom. The van der Waals surface area contributed by atoms with Gasteiger partial charge in [-0.3, -0.25) is 15.0 Å². The van der Waals surface area contributed by atoms with Gasteiger partial charge in [-0.15, -0.1) is 0 Å². The zero-order chi connectivity index (χ0) is 20.5. The van der Waals surface area contributed by atoms with Crippen LogP contribution in [0.3, 0.4) is 0 Å². The second-order valence-corrected chi connectivity index (χ2v) is 8.00. The molecule has 158 valence electrons. The third-order valence-electron chi connectivity index (χ3n) is 6.02. The zero-order valence-electron chi connectivity index (χ0n) is 16.7. The number of rotatable bonds is 4. The van der Waals surface area contributed by atoms with Crippen molar-refractivity contribution in [3.63, 3.8) is 0 Å². The van der Waals surface area contributed by atoms with Gasteiger partial charge in [0.2, 0.25) is 5.91 Å². The van der Waals surface area contributed by atoms with E-state index in [2.05, 4.69) is 25.8 Å². The number of nitrogens with one attached hydrogen (secondary N) is 3. The summed E-state index contributed by atoms with van der Waals surface area (Å²) in [6.07, 6.45) is 8.44. The Bertz CT molecular complexity index is 880. The van der Waals surface area contributed by atoms with Gasteiger partial charge in [-0.2, -0.15) is 0 Å². The summed E-state index contributed by atoms with van der Waals surface area (Å²) in [4.78, 5) is 34.1. The summed E-state index contributed by atoms with van der Waals surface area (Å²) >= 11 is 0. The number of hydrogen-bond acceptors (Lipinski definition) is 6. The van der Waals surface area contributed by atoms with E-state index >= 15 is 0 Å². The number of urea groups is 1. The highest BCUT2D eigenvalue weighted by molar-refractivity contribution is 5.91. The highest BCUT2D eigenvalue weighted by Crippen LogP contribution is 2.33. The first kappa shape index (κ1) is 18.9. The molecule has 2 bridgehead atoms. The molecule has 4 aliphatic rings. The third-order valence-corrected chi connectivity index (χ3v) is 6.02. The standard InChI is InChI=1S/C21H26N6O3/c28-20(23-12-15-4-3-11-30-15)16-6-7-17-19(24-16)27(14-8-10-26(17)13-14)21(29)25-18-5-1-2-9-22-18/h1-2,5-7,9,14-16,24H,3-4,8,10-13H2,(H,23,28)(H,22,25,29)/t14-,15-,16?/m0/s1. The molecule has 9 nitrogen and oxygen atoms in total. The second-order valence-electron chi connectivity index (χ2n) is 8.00. The van der Waals surface area contributed by atoms with Crippen molar-refractivity contribution < 1.29 is 14.3 Å². The van der Waals surface area contributed by atoms with Crippen LogP contribution in [0, 0.1) is 0 Å². The van der Waals surface area contributed by atoms with Gasteiger partial charge in [0.15, 0.2) is 0 Å². The first-order valence-electron chi connectivity index (χ1n) is 10.5. The predicted molar refractivity (Wildman–Crippen MR) is 110 cm³/mol. The molecule has 5 heterocycles. The van der Waals surface area contributed by atoms with E-state index in [9.17, 15) is 9.59 Å². The molecule has 30 heavy (non-hydrogen) atoms. The van der Waals surface area contributed by atoms with Crippen molar-refractivity contribution in [3.05, 3.63) is 48.1 Å². The van der Waals surface area contributed by atoms with Gasteiger partial charge >= 0.3 is 6.03 Å². The average Bonchev–Trinajstić information content (AvgIpc) is 3.43. The molecule has 4 aliphatic heterocycles. The molecule has 1 aromatic rings. The van der Waals surface area contributed by atoms with Crippen LogP contribution in [-0.2, 0) is 9.53 Å². The first-order chi connectivity index (χ1) is 14.7. The Labute approximate surface area is 175 Å². The average molecular weight is 410 g/mol. The van der Waals surface area contributed by atoms with Gasteiger partial charge in [-0.25, -0.2) is 9.78 Å². The van der Waals surface area contributed by atoms with Gasteiger partial charge in [0.05, 0.1) is 17.8 Å². The van der Waals surface area contributed by atoms with E-state index in [1.165, 1.54) is 0 Å². The van der Waals surface area contributed by atoms with Crippen LogP contribution >= 0.6 is 0 Å². The second kappa shape index (κ2) is 7.98. The Hall–Kier alpha value is -3.07. The fraction of sp³-hybridized carbons (Fsp3) is 0.476. The summed E-state index contributed by atoms with van der Waals surface area (Å²) < 4.78 is 5.58. The SMILES string of the molecule is O=C(NC[C@@H]1CCCO1)C1C=CC2=C(N1)N(C(=O)Nc1ccccn1)[C@H]1CCN2C1. The maximum atomic E-state index is 13.1. The van der Waals surface area contributed by atoms with E-state index in [1.54, 1.807) is 23.2 Å². The summed E-state index contributed by atoms with van der Waals surface area (Å²) in [7, 11) is 0. The number of allylic oxidation sites excluding steroid dienone is 1. The van der Waals surface area contributed by atoms with Crippen LogP contribution in [0.4, 0.5) is 10.6 Å². The molecular weight excluding hydrogens is 384 g/mol. The number of nitrogens with zero attached hydrogens (tertiary/aromatic N) is 3. The number of anilines is 1. The minimum atomic E-state index is -0.533. The van der Waals surface area contributed by atoms with Gasteiger partial charge in [-0.1, -0.05) is 12.1 Å². The zero-order valence-corrected chi connectivity index (χ0v) is 16.7. The number of dihydropyridines is 1. The molecule has 0 aromatic carbocycles. The molecule has 3 amide bonds. The van der Waals surface area contributed by atoms with Gasteiger partial charge in [-0.05, 0) is 37.5 Å². The monoisotopic (exact) mass is 410 g/mol. The Morgan fingerprint density at radius 1 is 1.30 bits per heavy atom. The first-order valence-corrected chi connectivity index (χ1v) is 10.5. The summed E-state index contributed by atoms with van der Waals surface area (Å²) in [6.45, 7) is 2.94. The summed E-state index contributed by atoms with van der Waals surface area (Å²) in [6, 6.07) is 4.68. The lowest BCUT2D eigenvalue weighted by Gasteiger charge is -2.40. The molecular formula is C21H26N6O3. The fourth-order valence-corrected chi connectivity index (χ4v) is 4.49. The van der Waals surface area contributed by atoms with Crippen molar-refractivity contribution in [1.82, 2.24) is 25.4 Å². The topological polar surface area (TPSA) is 98.8 Å². The van der Waals surface area contributed by atoms with Crippen molar-refractivity contribution in [2.24, 2.45) is 0 Å². The molecule has 0 saturated carbocycles. The van der Waals surface area contributed by atoms with Crippen molar-refractivity contribution in [3.8, 4) is 0 Å². The number of amides is 3. The largest absolute Gasteiger partial charge is 0.376 e. The molecule has 2 fully saturated rings. The maximum Gasteiger partial charge on any atom is 0.328 e. The minimum Gasteiger partial charge on any atom is -0.376 e. The van der Waals surface area contributed by atoms with Gasteiger partial charge in [0, 0.05) is 32.4 Å². The molecule has 3 N–H and O–H groups in total. The lowest BCUT2D eigenvalue weighted by atomic mass is 10.1. The summed E-state index contributed by atoms with van der Waals surface area (Å²) in [5, 5.41) is 9.14. The van der Waals surface area contributed by atoms with E-state index in [1.807, 2.05) is 18.2 Å². The van der Waals surface area contributed by atoms with Crippen molar-refractivity contribution in [2.45, 2.75) is 37.5 Å². The smallest absolute Gasteiger partial charge is 0.328 e. The number of pyridine rings is 1. The van der Waals surface area contributed by atoms with Gasteiger partial charge in [0.1, 0.15) is 17.7 Å². The van der Waals surface area contributed by atoms with E-state index < -0.39 is 6.04 Å². The van der Waals surface area contributed by atoms with Crippen molar-refractivity contribution in [1.29, 1.82) is 0 Å². The Balaban J connectivity index is 1.31. The van der Waals surface area contributed by atoms with Crippen LogP contribution in [0.5, 0.6) is 0 Å². The lowest BCUT2D eigenvalue weighted by Crippen LogP contribution is -2.56. The molecule has 1 aromatic heterocycles. The van der Waals surface area contributed by atoms with Crippen LogP contribution in [0.2, 0.25) is 0 Å². The quantitative estimate of drug-likeness (QED) is 0.685. The van der Waals surface area contributed by atoms with Gasteiger partial charge in [0.25, 0.3) is 0 Å². The highest BCUT2D eigenvalue weighted by Gasteiger charge is 2.42. The van der Waals surface area contributed by atoms with Crippen LogP contribution in [0.15, 0.2) is 48.1 Å². The maximum absolute atomic E-state index is 13.1. The Morgan fingerprint density at radius 3 is 3.03 bits per heavy atom. The van der Waals surface area contributed by atoms with E-state index in [0.717, 1.165) is 44.7 Å². The minimum absolute atomic E-state index is 0.0575. The van der Waals surface area contributed by atoms with Gasteiger partial charge < -0.3 is 20.3 Å². The number of hydrogen-bond donors (Lipinski definition) is 3.